The summed E-state index contributed by atoms with van der Waals surface area (Å²) in [5.74, 6) is 0.728. The van der Waals surface area contributed by atoms with Gasteiger partial charge in [0.1, 0.15) is 6.73 Å². The molecule has 0 amide bonds. The molecular formula is C13H25N4O2P. The van der Waals surface area contributed by atoms with Crippen molar-refractivity contribution in [3.63, 3.8) is 0 Å². The molecule has 0 spiro atoms. The average molecular weight is 300 g/mol. The van der Waals surface area contributed by atoms with Crippen LogP contribution in [0, 0.1) is 0 Å². The Morgan fingerprint density at radius 1 is 1.00 bits per heavy atom. The second-order valence-corrected chi connectivity index (χ2v) is 8.31. The first kappa shape index (κ1) is 17.1. The van der Waals surface area contributed by atoms with Gasteiger partial charge in [-0.15, -0.1) is 0 Å². The lowest BCUT2D eigenvalue weighted by Crippen LogP contribution is -2.34. The van der Waals surface area contributed by atoms with Crippen molar-refractivity contribution in [2.24, 2.45) is 4.91 Å². The van der Waals surface area contributed by atoms with E-state index in [4.69, 9.17) is 9.57 Å². The van der Waals surface area contributed by atoms with Crippen molar-refractivity contribution in [3.05, 3.63) is 30.3 Å². The number of ether oxygens (including phenoxy) is 1. The summed E-state index contributed by atoms with van der Waals surface area (Å²) in [6.07, 6.45) is 0. The van der Waals surface area contributed by atoms with Crippen LogP contribution in [0.1, 0.15) is 0 Å². The van der Waals surface area contributed by atoms with E-state index in [2.05, 4.69) is 18.9 Å². The number of rotatable bonds is 7. The van der Waals surface area contributed by atoms with Crippen molar-refractivity contribution in [2.45, 2.75) is 0 Å². The lowest BCUT2D eigenvalue weighted by Gasteiger charge is -2.40. The van der Waals surface area contributed by atoms with Crippen LogP contribution in [0.5, 0.6) is 5.75 Å². The Hall–Kier alpha value is -0.910. The standard InChI is InChI=1S/C13H25N4O2P/c1-15(2)20(16(3)4,17(5)12-18-6)14-19-13-10-8-7-9-11-13/h7-11H,12H2,1-6H3. The summed E-state index contributed by atoms with van der Waals surface area (Å²) in [7, 11) is 9.51. The minimum absolute atomic E-state index is 0.478. The minimum atomic E-state index is -2.14. The van der Waals surface area contributed by atoms with Crippen LogP contribution in [-0.2, 0) is 4.74 Å². The molecule has 0 saturated carbocycles. The predicted molar refractivity (Wildman–Crippen MR) is 83.4 cm³/mol. The molecule has 0 heterocycles. The highest BCUT2D eigenvalue weighted by atomic mass is 31.2. The van der Waals surface area contributed by atoms with E-state index in [0.29, 0.717) is 6.73 Å². The summed E-state index contributed by atoms with van der Waals surface area (Å²) < 4.78 is 11.5. The van der Waals surface area contributed by atoms with Crippen LogP contribution in [0.3, 0.4) is 0 Å². The van der Waals surface area contributed by atoms with E-state index in [9.17, 15) is 0 Å². The fourth-order valence-electron chi connectivity index (χ4n) is 2.02. The van der Waals surface area contributed by atoms with Crippen LogP contribution in [-0.4, -0.2) is 63.1 Å². The summed E-state index contributed by atoms with van der Waals surface area (Å²) in [4.78, 5) is 10.2. The van der Waals surface area contributed by atoms with E-state index in [-0.39, 0.29) is 0 Å². The molecule has 6 nitrogen and oxygen atoms in total. The summed E-state index contributed by atoms with van der Waals surface area (Å²) in [6, 6.07) is 9.58. The maximum Gasteiger partial charge on any atom is 0.212 e. The van der Waals surface area contributed by atoms with Crippen molar-refractivity contribution >= 4 is 7.51 Å². The third kappa shape index (κ3) is 3.81. The maximum atomic E-state index is 5.66. The Bertz CT molecular complexity index is 439. The molecule has 1 aromatic rings. The predicted octanol–water partition coefficient (Wildman–Crippen LogP) is 2.59. The maximum absolute atomic E-state index is 5.66. The van der Waals surface area contributed by atoms with Crippen LogP contribution in [0.4, 0.5) is 0 Å². The Morgan fingerprint density at radius 2 is 1.55 bits per heavy atom. The average Bonchev–Trinajstić information content (AvgIpc) is 2.40. The van der Waals surface area contributed by atoms with Gasteiger partial charge in [-0.3, -0.25) is 0 Å². The minimum Gasteiger partial charge on any atom is -0.369 e. The van der Waals surface area contributed by atoms with E-state index in [0.717, 1.165) is 5.75 Å². The third-order valence-electron chi connectivity index (χ3n) is 2.85. The molecule has 0 bridgehead atoms. The van der Waals surface area contributed by atoms with Crippen LogP contribution >= 0.6 is 7.51 Å². The summed E-state index contributed by atoms with van der Waals surface area (Å²) in [6.45, 7) is 0.478. The number of hydrogen-bond acceptors (Lipinski definition) is 3. The zero-order chi connectivity index (χ0) is 15.2. The number of para-hydroxylation sites is 1. The highest BCUT2D eigenvalue weighted by Crippen LogP contribution is 2.55. The fourth-order valence-corrected chi connectivity index (χ4v) is 4.85. The van der Waals surface area contributed by atoms with Gasteiger partial charge in [-0.05, 0) is 47.4 Å². The molecule has 0 aliphatic heterocycles. The lowest BCUT2D eigenvalue weighted by atomic mass is 10.3. The Balaban J connectivity index is 3.14. The molecule has 0 aliphatic rings. The Labute approximate surface area is 122 Å². The van der Waals surface area contributed by atoms with Crippen LogP contribution in [0.2, 0.25) is 0 Å². The zero-order valence-corrected chi connectivity index (χ0v) is 14.0. The number of nitrogens with zero attached hydrogens (tertiary/aromatic N) is 4. The van der Waals surface area contributed by atoms with E-state index in [1.165, 1.54) is 0 Å². The number of methoxy groups -OCH3 is 1. The summed E-state index contributed by atoms with van der Waals surface area (Å²) >= 11 is 0. The largest absolute Gasteiger partial charge is 0.369 e. The molecule has 1 aromatic carbocycles. The normalized spacial score (nSPS) is 12.2. The molecule has 0 aromatic heterocycles. The smallest absolute Gasteiger partial charge is 0.212 e. The molecule has 0 N–H and O–H groups in total. The van der Waals surface area contributed by atoms with Gasteiger partial charge in [-0.2, -0.15) is 0 Å². The van der Waals surface area contributed by atoms with E-state index in [1.807, 2.05) is 65.6 Å². The molecule has 0 radical (unpaired) electrons. The number of benzene rings is 1. The Morgan fingerprint density at radius 3 is 2.00 bits per heavy atom. The first-order valence-electron chi connectivity index (χ1n) is 6.35. The van der Waals surface area contributed by atoms with E-state index >= 15 is 0 Å². The molecule has 0 aliphatic carbocycles. The van der Waals surface area contributed by atoms with Crippen LogP contribution in [0.25, 0.3) is 0 Å². The van der Waals surface area contributed by atoms with Gasteiger partial charge in [-0.1, -0.05) is 23.1 Å². The summed E-state index contributed by atoms with van der Waals surface area (Å²) in [5.41, 5.74) is 0. The lowest BCUT2D eigenvalue weighted by molar-refractivity contribution is 0.124. The first-order chi connectivity index (χ1) is 9.45. The topological polar surface area (TPSA) is 40.5 Å². The highest BCUT2D eigenvalue weighted by Gasteiger charge is 2.32. The molecule has 7 heteroatoms. The quantitative estimate of drug-likeness (QED) is 0.440. The molecule has 0 unspecified atom stereocenters. The Kier molecular flexibility index (Phi) is 6.65. The van der Waals surface area contributed by atoms with Crippen LogP contribution < -0.4 is 4.84 Å². The van der Waals surface area contributed by atoms with Gasteiger partial charge in [0.25, 0.3) is 0 Å². The van der Waals surface area contributed by atoms with E-state index in [1.54, 1.807) is 7.11 Å². The molecular weight excluding hydrogens is 275 g/mol. The molecule has 0 saturated heterocycles. The zero-order valence-electron chi connectivity index (χ0n) is 13.1. The molecule has 1 rings (SSSR count). The highest BCUT2D eigenvalue weighted by molar-refractivity contribution is 7.58. The van der Waals surface area contributed by atoms with Gasteiger partial charge in [0.15, 0.2) is 5.75 Å². The van der Waals surface area contributed by atoms with Gasteiger partial charge in [0, 0.05) is 7.11 Å². The van der Waals surface area contributed by atoms with Gasteiger partial charge in [0.2, 0.25) is 7.51 Å². The second kappa shape index (κ2) is 7.76. The van der Waals surface area contributed by atoms with Crippen molar-refractivity contribution in [3.8, 4) is 5.75 Å². The van der Waals surface area contributed by atoms with Crippen LogP contribution in [0.15, 0.2) is 35.2 Å². The van der Waals surface area contributed by atoms with Gasteiger partial charge in [-0.25, -0.2) is 14.0 Å². The van der Waals surface area contributed by atoms with Crippen molar-refractivity contribution in [1.82, 2.24) is 14.0 Å². The monoisotopic (exact) mass is 300 g/mol. The second-order valence-electron chi connectivity index (χ2n) is 4.79. The van der Waals surface area contributed by atoms with Crippen molar-refractivity contribution in [1.29, 1.82) is 0 Å². The molecule has 114 valence electrons. The number of hydrogen-bond donors (Lipinski definition) is 0. The van der Waals surface area contributed by atoms with E-state index < -0.39 is 7.51 Å². The molecule has 0 fully saturated rings. The molecule has 20 heavy (non-hydrogen) atoms. The van der Waals surface area contributed by atoms with Gasteiger partial charge in [0.05, 0.1) is 0 Å². The SMILES string of the molecule is COCN(C)P(=NOc1ccccc1)(N(C)C)N(C)C. The van der Waals surface area contributed by atoms with Crippen molar-refractivity contribution in [2.75, 3.05) is 49.1 Å². The third-order valence-corrected chi connectivity index (χ3v) is 6.33. The first-order valence-corrected chi connectivity index (χ1v) is 7.95. The fraction of sp³-hybridized carbons (Fsp3) is 0.538. The van der Waals surface area contributed by atoms with Gasteiger partial charge < -0.3 is 9.57 Å². The molecule has 0 atom stereocenters. The summed E-state index contributed by atoms with van der Waals surface area (Å²) in [5, 5.41) is 0. The van der Waals surface area contributed by atoms with Crippen molar-refractivity contribution < 1.29 is 9.57 Å². The van der Waals surface area contributed by atoms with Gasteiger partial charge >= 0.3 is 0 Å².